The van der Waals surface area contributed by atoms with Gasteiger partial charge < -0.3 is 15.0 Å². The van der Waals surface area contributed by atoms with Gasteiger partial charge in [0.25, 0.3) is 0 Å². The van der Waals surface area contributed by atoms with E-state index in [9.17, 15) is 0 Å². The Morgan fingerprint density at radius 2 is 1.90 bits per heavy atom. The van der Waals surface area contributed by atoms with Crippen molar-refractivity contribution in [3.63, 3.8) is 0 Å². The predicted octanol–water partition coefficient (Wildman–Crippen LogP) is 3.94. The smallest absolute Gasteiger partial charge is 0.158 e. The number of methoxy groups -OCH3 is 1. The van der Waals surface area contributed by atoms with Crippen molar-refractivity contribution in [2.24, 2.45) is 0 Å². The maximum Gasteiger partial charge on any atom is 0.158 e. The first-order valence-electron chi connectivity index (χ1n) is 10.7. The van der Waals surface area contributed by atoms with E-state index < -0.39 is 0 Å². The minimum atomic E-state index is 0.414. The fourth-order valence-electron chi connectivity index (χ4n) is 4.03. The van der Waals surface area contributed by atoms with Crippen molar-refractivity contribution in [3.05, 3.63) is 41.5 Å². The Hall–Kier alpha value is -2.06. The van der Waals surface area contributed by atoms with Gasteiger partial charge in [0, 0.05) is 56.8 Å². The Morgan fingerprint density at radius 3 is 2.60 bits per heavy atom. The molecule has 30 heavy (non-hydrogen) atoms. The van der Waals surface area contributed by atoms with Crippen LogP contribution in [0.2, 0.25) is 0 Å². The Bertz CT molecular complexity index is 953. The summed E-state index contributed by atoms with van der Waals surface area (Å²) in [6.07, 6.45) is 0. The molecule has 0 saturated carbocycles. The second kappa shape index (κ2) is 9.83. The summed E-state index contributed by atoms with van der Waals surface area (Å²) in [6.45, 7) is 11.5. The Labute approximate surface area is 182 Å². The van der Waals surface area contributed by atoms with Gasteiger partial charge in [0.1, 0.15) is 17.3 Å². The zero-order valence-corrected chi connectivity index (χ0v) is 18.9. The third-order valence-corrected chi connectivity index (χ3v) is 6.75. The molecular formula is C23H31N5OS. The number of nitrogens with one attached hydrogen (secondary N) is 1. The average molecular weight is 426 g/mol. The first-order chi connectivity index (χ1) is 14.7. The molecule has 1 aliphatic rings. The van der Waals surface area contributed by atoms with Crippen LogP contribution in [0.1, 0.15) is 19.7 Å². The molecule has 1 atom stereocenters. The fraction of sp³-hybridized carbons (Fsp3) is 0.478. The highest BCUT2D eigenvalue weighted by Gasteiger charge is 2.21. The van der Waals surface area contributed by atoms with E-state index >= 15 is 0 Å². The summed E-state index contributed by atoms with van der Waals surface area (Å²) < 4.78 is 5.30. The van der Waals surface area contributed by atoms with E-state index in [1.165, 1.54) is 11.1 Å². The highest BCUT2D eigenvalue weighted by atomic mass is 32.1. The van der Waals surface area contributed by atoms with Crippen LogP contribution in [0.15, 0.2) is 35.7 Å². The van der Waals surface area contributed by atoms with E-state index in [4.69, 9.17) is 14.7 Å². The molecule has 1 N–H and O–H groups in total. The number of hydrogen-bond acceptors (Lipinski definition) is 7. The summed E-state index contributed by atoms with van der Waals surface area (Å²) in [6, 6.07) is 10.9. The highest BCUT2D eigenvalue weighted by molar-refractivity contribution is 7.17. The van der Waals surface area contributed by atoms with Crippen LogP contribution in [0.4, 0.5) is 5.82 Å². The van der Waals surface area contributed by atoms with Crippen LogP contribution in [0.5, 0.6) is 0 Å². The molecule has 1 aliphatic heterocycles. The summed E-state index contributed by atoms with van der Waals surface area (Å²) >= 11 is 1.67. The number of benzene rings is 1. The number of nitrogens with zero attached hydrogens (tertiary/aromatic N) is 4. The number of fused-ring (bicyclic) bond motifs is 1. The molecule has 0 unspecified atom stereocenters. The zero-order valence-electron chi connectivity index (χ0n) is 18.1. The van der Waals surface area contributed by atoms with E-state index in [1.807, 2.05) is 6.07 Å². The highest BCUT2D eigenvalue weighted by Crippen LogP contribution is 2.37. The summed E-state index contributed by atoms with van der Waals surface area (Å²) in [5.74, 6) is 1.63. The van der Waals surface area contributed by atoms with Crippen molar-refractivity contribution in [2.45, 2.75) is 26.5 Å². The molecule has 7 heteroatoms. The van der Waals surface area contributed by atoms with Gasteiger partial charge in [0.15, 0.2) is 5.82 Å². The maximum absolute atomic E-state index is 5.30. The zero-order chi connectivity index (χ0) is 20.9. The van der Waals surface area contributed by atoms with Crippen molar-refractivity contribution in [2.75, 3.05) is 51.7 Å². The lowest BCUT2D eigenvalue weighted by molar-refractivity contribution is 0.110. The molecular weight excluding hydrogens is 394 g/mol. The lowest BCUT2D eigenvalue weighted by Gasteiger charge is -2.37. The first kappa shape index (κ1) is 21.2. The van der Waals surface area contributed by atoms with Crippen molar-refractivity contribution in [3.8, 4) is 11.1 Å². The molecule has 0 radical (unpaired) electrons. The van der Waals surface area contributed by atoms with Crippen LogP contribution < -0.4 is 5.32 Å². The van der Waals surface area contributed by atoms with Crippen molar-refractivity contribution in [1.82, 2.24) is 19.8 Å². The molecule has 1 saturated heterocycles. The van der Waals surface area contributed by atoms with Gasteiger partial charge in [-0.15, -0.1) is 11.3 Å². The van der Waals surface area contributed by atoms with E-state index in [0.717, 1.165) is 61.1 Å². The quantitative estimate of drug-likeness (QED) is 0.590. The lowest BCUT2D eigenvalue weighted by atomic mass is 10.1. The number of rotatable bonds is 8. The Kier molecular flexibility index (Phi) is 6.94. The SMILES string of the molecule is CCN1CCN([C@H](C)CNc2nc(COC)nc3scc(-c4ccccc4)c23)CC1. The van der Waals surface area contributed by atoms with E-state index in [-0.39, 0.29) is 0 Å². The van der Waals surface area contributed by atoms with E-state index in [2.05, 4.69) is 58.6 Å². The Balaban J connectivity index is 1.58. The van der Waals surface area contributed by atoms with Gasteiger partial charge in [-0.3, -0.25) is 4.90 Å². The molecule has 1 fully saturated rings. The third kappa shape index (κ3) is 4.64. The number of piperazine rings is 1. The van der Waals surface area contributed by atoms with E-state index in [0.29, 0.717) is 12.6 Å². The van der Waals surface area contributed by atoms with Gasteiger partial charge in [-0.25, -0.2) is 9.97 Å². The summed E-state index contributed by atoms with van der Waals surface area (Å²) in [5, 5.41) is 6.94. The molecule has 160 valence electrons. The van der Waals surface area contributed by atoms with Crippen molar-refractivity contribution < 1.29 is 4.74 Å². The monoisotopic (exact) mass is 425 g/mol. The number of ether oxygens (including phenoxy) is 1. The number of aromatic nitrogens is 2. The van der Waals surface area contributed by atoms with Gasteiger partial charge in [0.2, 0.25) is 0 Å². The van der Waals surface area contributed by atoms with Gasteiger partial charge in [-0.1, -0.05) is 37.3 Å². The normalized spacial score (nSPS) is 16.8. The molecule has 1 aromatic carbocycles. The molecule has 0 aliphatic carbocycles. The van der Waals surface area contributed by atoms with Crippen molar-refractivity contribution >= 4 is 27.4 Å². The second-order valence-corrected chi connectivity index (χ2v) is 8.68. The van der Waals surface area contributed by atoms with Crippen LogP contribution >= 0.6 is 11.3 Å². The van der Waals surface area contributed by atoms with Gasteiger partial charge in [0.05, 0.1) is 5.39 Å². The summed E-state index contributed by atoms with van der Waals surface area (Å²) in [7, 11) is 1.68. The molecule has 6 nitrogen and oxygen atoms in total. The molecule has 3 heterocycles. The van der Waals surface area contributed by atoms with Gasteiger partial charge in [-0.05, 0) is 19.0 Å². The number of hydrogen-bond donors (Lipinski definition) is 1. The summed E-state index contributed by atoms with van der Waals surface area (Å²) in [4.78, 5) is 15.6. The minimum Gasteiger partial charge on any atom is -0.377 e. The Morgan fingerprint density at radius 1 is 1.13 bits per heavy atom. The molecule has 2 aromatic heterocycles. The second-order valence-electron chi connectivity index (χ2n) is 7.82. The lowest BCUT2D eigenvalue weighted by Crippen LogP contribution is -2.51. The summed E-state index contributed by atoms with van der Waals surface area (Å²) in [5.41, 5.74) is 2.38. The van der Waals surface area contributed by atoms with Gasteiger partial charge in [-0.2, -0.15) is 0 Å². The number of likely N-dealkylation sites (N-methyl/N-ethyl adjacent to an activating group) is 1. The largest absolute Gasteiger partial charge is 0.377 e. The standard InChI is InChI=1S/C23H31N5OS/c1-4-27-10-12-28(13-11-27)17(2)14-24-22-21-19(18-8-6-5-7-9-18)16-30-23(21)26-20(25-22)15-29-3/h5-9,16-17H,4,10-15H2,1-3H3,(H,24,25,26)/t17-/m1/s1. The third-order valence-electron chi connectivity index (χ3n) is 5.88. The molecule has 0 bridgehead atoms. The first-order valence-corrected chi connectivity index (χ1v) is 11.6. The topological polar surface area (TPSA) is 53.5 Å². The molecule has 0 amide bonds. The van der Waals surface area contributed by atoms with Gasteiger partial charge >= 0.3 is 0 Å². The molecule has 4 rings (SSSR count). The fourth-order valence-corrected chi connectivity index (χ4v) is 5.00. The van der Waals surface area contributed by atoms with Crippen LogP contribution in [-0.2, 0) is 11.3 Å². The van der Waals surface area contributed by atoms with E-state index in [1.54, 1.807) is 18.4 Å². The van der Waals surface area contributed by atoms with Crippen LogP contribution in [0.25, 0.3) is 21.3 Å². The minimum absolute atomic E-state index is 0.414. The predicted molar refractivity (Wildman–Crippen MR) is 125 cm³/mol. The molecule has 0 spiro atoms. The van der Waals surface area contributed by atoms with Crippen LogP contribution in [0.3, 0.4) is 0 Å². The number of anilines is 1. The number of thiophene rings is 1. The molecule has 3 aromatic rings. The van der Waals surface area contributed by atoms with Crippen LogP contribution in [-0.4, -0.2) is 72.2 Å². The average Bonchev–Trinajstić information content (AvgIpc) is 3.22. The van der Waals surface area contributed by atoms with Crippen LogP contribution in [0, 0.1) is 0 Å². The maximum atomic E-state index is 5.30. The van der Waals surface area contributed by atoms with Crippen molar-refractivity contribution in [1.29, 1.82) is 0 Å².